The predicted octanol–water partition coefficient (Wildman–Crippen LogP) is 2.17. The molecule has 0 atom stereocenters. The third kappa shape index (κ3) is 1.80. The zero-order chi connectivity index (χ0) is 10.9. The number of ketones is 1. The first-order valence-corrected chi connectivity index (χ1v) is 5.75. The second kappa shape index (κ2) is 4.09. The van der Waals surface area contributed by atoms with E-state index in [0.717, 1.165) is 5.03 Å². The van der Waals surface area contributed by atoms with Crippen molar-refractivity contribution < 1.29 is 4.79 Å². The predicted molar refractivity (Wildman–Crippen MR) is 60.8 cm³/mol. The van der Waals surface area contributed by atoms with Gasteiger partial charge in [-0.3, -0.25) is 4.79 Å². The van der Waals surface area contributed by atoms with Gasteiger partial charge < -0.3 is 10.3 Å². The van der Waals surface area contributed by atoms with Gasteiger partial charge in [-0.2, -0.15) is 0 Å². The van der Waals surface area contributed by atoms with E-state index in [1.807, 2.05) is 31.7 Å². The summed E-state index contributed by atoms with van der Waals surface area (Å²) in [4.78, 5) is 11.8. The highest BCUT2D eigenvalue weighted by Gasteiger charge is 2.17. The number of rotatable bonds is 3. The van der Waals surface area contributed by atoms with E-state index in [9.17, 15) is 4.79 Å². The van der Waals surface area contributed by atoms with E-state index in [1.165, 1.54) is 0 Å². The number of carbonyl (C=O) groups is 1. The van der Waals surface area contributed by atoms with Crippen molar-refractivity contribution in [1.29, 1.82) is 0 Å². The van der Waals surface area contributed by atoms with E-state index in [0.29, 0.717) is 11.4 Å². The van der Waals surface area contributed by atoms with Crippen molar-refractivity contribution in [2.75, 3.05) is 12.0 Å². The molecule has 1 heterocycles. The molecule has 0 amide bonds. The molecule has 0 aromatic carbocycles. The first kappa shape index (κ1) is 11.2. The molecule has 3 nitrogen and oxygen atoms in total. The van der Waals surface area contributed by atoms with Crippen LogP contribution in [0.5, 0.6) is 0 Å². The largest absolute Gasteiger partial charge is 0.397 e. The Morgan fingerprint density at radius 3 is 2.50 bits per heavy atom. The first-order valence-electron chi connectivity index (χ1n) is 4.52. The van der Waals surface area contributed by atoms with E-state index in [-0.39, 0.29) is 11.7 Å². The average Bonchev–Trinajstić information content (AvgIpc) is 2.40. The minimum absolute atomic E-state index is 0.0118. The molecular formula is C10H16N2OS. The fourth-order valence-corrected chi connectivity index (χ4v) is 2.06. The Balaban J connectivity index is 3.17. The van der Waals surface area contributed by atoms with Crippen LogP contribution in [0.25, 0.3) is 0 Å². The molecule has 78 valence electrons. The maximum atomic E-state index is 11.8. The zero-order valence-electron chi connectivity index (χ0n) is 9.00. The molecule has 0 unspecified atom stereocenters. The maximum Gasteiger partial charge on any atom is 0.181 e. The van der Waals surface area contributed by atoms with Gasteiger partial charge in [0.25, 0.3) is 0 Å². The Morgan fingerprint density at radius 2 is 2.14 bits per heavy atom. The lowest BCUT2D eigenvalue weighted by molar-refractivity contribution is 0.0930. The quantitative estimate of drug-likeness (QED) is 0.617. The standard InChI is InChI=1S/C10H16N2OS/c1-6(2)9(13)8-5-7(11)10(14-4)12(8)3/h5-6H,11H2,1-4H3. The van der Waals surface area contributed by atoms with Crippen LogP contribution in [-0.4, -0.2) is 16.6 Å². The average molecular weight is 212 g/mol. The Hall–Kier alpha value is -0.900. The summed E-state index contributed by atoms with van der Waals surface area (Å²) >= 11 is 1.56. The third-order valence-corrected chi connectivity index (χ3v) is 3.07. The van der Waals surface area contributed by atoms with Crippen molar-refractivity contribution in [3.05, 3.63) is 11.8 Å². The molecule has 0 aliphatic heterocycles. The van der Waals surface area contributed by atoms with Crippen molar-refractivity contribution >= 4 is 23.2 Å². The van der Waals surface area contributed by atoms with Crippen molar-refractivity contribution in [3.63, 3.8) is 0 Å². The molecule has 1 aromatic rings. The van der Waals surface area contributed by atoms with Crippen molar-refractivity contribution in [2.45, 2.75) is 18.9 Å². The highest BCUT2D eigenvalue weighted by atomic mass is 32.2. The minimum Gasteiger partial charge on any atom is -0.397 e. The van der Waals surface area contributed by atoms with Crippen LogP contribution < -0.4 is 5.73 Å². The summed E-state index contributed by atoms with van der Waals surface area (Å²) in [6, 6.07) is 1.76. The molecule has 0 aliphatic rings. The third-order valence-electron chi connectivity index (χ3n) is 2.18. The molecule has 1 aromatic heterocycles. The molecule has 0 fully saturated rings. The van der Waals surface area contributed by atoms with Crippen LogP contribution in [0, 0.1) is 5.92 Å². The van der Waals surface area contributed by atoms with Crippen molar-refractivity contribution in [2.24, 2.45) is 13.0 Å². The molecule has 0 saturated carbocycles. The zero-order valence-corrected chi connectivity index (χ0v) is 9.81. The van der Waals surface area contributed by atoms with Crippen LogP contribution in [0.15, 0.2) is 11.1 Å². The van der Waals surface area contributed by atoms with Crippen LogP contribution in [0.3, 0.4) is 0 Å². The van der Waals surface area contributed by atoms with Crippen LogP contribution in [0.4, 0.5) is 5.69 Å². The number of nitrogen functional groups attached to an aromatic ring is 1. The lowest BCUT2D eigenvalue weighted by Gasteiger charge is -2.06. The SMILES string of the molecule is CSc1c(N)cc(C(=O)C(C)C)n1C. The first-order chi connectivity index (χ1) is 6.49. The van der Waals surface area contributed by atoms with Crippen LogP contribution in [0.1, 0.15) is 24.3 Å². The lowest BCUT2D eigenvalue weighted by atomic mass is 10.1. The van der Waals surface area contributed by atoms with Crippen molar-refractivity contribution in [3.8, 4) is 0 Å². The summed E-state index contributed by atoms with van der Waals surface area (Å²) in [5.74, 6) is 0.150. The van der Waals surface area contributed by atoms with E-state index in [4.69, 9.17) is 5.73 Å². The van der Waals surface area contributed by atoms with Crippen molar-refractivity contribution in [1.82, 2.24) is 4.57 Å². The topological polar surface area (TPSA) is 48.0 Å². The molecule has 0 radical (unpaired) electrons. The monoisotopic (exact) mass is 212 g/mol. The van der Waals surface area contributed by atoms with Gasteiger partial charge in [0.1, 0.15) is 0 Å². The number of nitrogens with two attached hydrogens (primary N) is 1. The number of nitrogens with zero attached hydrogens (tertiary/aromatic N) is 1. The Bertz CT molecular complexity index is 355. The molecule has 0 aliphatic carbocycles. The van der Waals surface area contributed by atoms with Crippen LogP contribution in [0.2, 0.25) is 0 Å². The Labute approximate surface area is 88.7 Å². The molecule has 14 heavy (non-hydrogen) atoms. The van der Waals surface area contributed by atoms with Gasteiger partial charge in [0.15, 0.2) is 5.78 Å². The van der Waals surface area contributed by atoms with E-state index in [1.54, 1.807) is 17.8 Å². The number of hydrogen-bond acceptors (Lipinski definition) is 3. The number of thioether (sulfide) groups is 1. The fraction of sp³-hybridized carbons (Fsp3) is 0.500. The fourth-order valence-electron chi connectivity index (χ4n) is 1.40. The molecule has 1 rings (SSSR count). The van der Waals surface area contributed by atoms with Gasteiger partial charge >= 0.3 is 0 Å². The summed E-state index contributed by atoms with van der Waals surface area (Å²) in [5, 5.41) is 0.953. The summed E-state index contributed by atoms with van der Waals surface area (Å²) in [7, 11) is 1.87. The summed E-state index contributed by atoms with van der Waals surface area (Å²) in [5.41, 5.74) is 7.18. The highest BCUT2D eigenvalue weighted by molar-refractivity contribution is 7.98. The second-order valence-corrected chi connectivity index (χ2v) is 4.37. The Morgan fingerprint density at radius 1 is 1.57 bits per heavy atom. The minimum atomic E-state index is 0.0118. The van der Waals surface area contributed by atoms with Gasteiger partial charge in [0.2, 0.25) is 0 Å². The molecule has 0 spiro atoms. The number of carbonyl (C=O) groups excluding carboxylic acids is 1. The normalized spacial score (nSPS) is 10.9. The molecule has 2 N–H and O–H groups in total. The van der Waals surface area contributed by atoms with E-state index < -0.39 is 0 Å². The second-order valence-electron chi connectivity index (χ2n) is 3.57. The van der Waals surface area contributed by atoms with Gasteiger partial charge in [0.05, 0.1) is 16.4 Å². The molecular weight excluding hydrogens is 196 g/mol. The number of Topliss-reactive ketones (excluding diaryl/α,β-unsaturated/α-hetero) is 1. The number of anilines is 1. The van der Waals surface area contributed by atoms with Crippen LogP contribution in [-0.2, 0) is 7.05 Å². The smallest absolute Gasteiger partial charge is 0.181 e. The highest BCUT2D eigenvalue weighted by Crippen LogP contribution is 2.27. The van der Waals surface area contributed by atoms with Gasteiger partial charge in [-0.25, -0.2) is 0 Å². The molecule has 4 heteroatoms. The maximum absolute atomic E-state index is 11.8. The van der Waals surface area contributed by atoms with Gasteiger partial charge in [0, 0.05) is 13.0 Å². The summed E-state index contributed by atoms with van der Waals surface area (Å²) < 4.78 is 1.86. The van der Waals surface area contributed by atoms with E-state index in [2.05, 4.69) is 0 Å². The van der Waals surface area contributed by atoms with Gasteiger partial charge in [-0.05, 0) is 12.3 Å². The summed E-state index contributed by atoms with van der Waals surface area (Å²) in [6.45, 7) is 3.79. The summed E-state index contributed by atoms with van der Waals surface area (Å²) in [6.07, 6.45) is 1.95. The Kier molecular flexibility index (Phi) is 3.26. The van der Waals surface area contributed by atoms with Gasteiger partial charge in [-0.15, -0.1) is 11.8 Å². The lowest BCUT2D eigenvalue weighted by Crippen LogP contribution is -2.12. The molecule has 0 bridgehead atoms. The van der Waals surface area contributed by atoms with Gasteiger partial charge in [-0.1, -0.05) is 13.8 Å². The van der Waals surface area contributed by atoms with Crippen LogP contribution >= 0.6 is 11.8 Å². The molecule has 0 saturated heterocycles. The van der Waals surface area contributed by atoms with E-state index >= 15 is 0 Å². The number of aromatic nitrogens is 1. The number of hydrogen-bond donors (Lipinski definition) is 1.